The zero-order valence-corrected chi connectivity index (χ0v) is 13.6. The van der Waals surface area contributed by atoms with Gasteiger partial charge in [-0.05, 0) is 36.8 Å². The SMILES string of the molecule is Cc1ccc(NC(=O)c2cc3cc([N+](=O)[O-])ccc3s2)cc1Cl. The monoisotopic (exact) mass is 346 g/mol. The molecule has 0 saturated heterocycles. The van der Waals surface area contributed by atoms with E-state index >= 15 is 0 Å². The highest BCUT2D eigenvalue weighted by Crippen LogP contribution is 2.29. The molecule has 23 heavy (non-hydrogen) atoms. The Labute approximate surface area is 140 Å². The second kappa shape index (κ2) is 5.98. The van der Waals surface area contributed by atoms with Gasteiger partial charge in [0.25, 0.3) is 11.6 Å². The molecule has 1 heterocycles. The lowest BCUT2D eigenvalue weighted by atomic mass is 10.2. The van der Waals surface area contributed by atoms with Gasteiger partial charge < -0.3 is 5.32 Å². The molecule has 0 aliphatic heterocycles. The Morgan fingerprint density at radius 1 is 1.22 bits per heavy atom. The molecule has 2 aromatic carbocycles. The number of carbonyl (C=O) groups excluding carboxylic acids is 1. The number of carbonyl (C=O) groups is 1. The third-order valence-corrected chi connectivity index (χ3v) is 4.89. The van der Waals surface area contributed by atoms with Gasteiger partial charge in [0.15, 0.2) is 0 Å². The molecule has 0 spiro atoms. The Morgan fingerprint density at radius 2 is 2.00 bits per heavy atom. The highest BCUT2D eigenvalue weighted by molar-refractivity contribution is 7.20. The molecular formula is C16H11ClN2O3S. The Bertz CT molecular complexity index is 936. The summed E-state index contributed by atoms with van der Waals surface area (Å²) in [6, 6.07) is 11.5. The quantitative estimate of drug-likeness (QED) is 0.534. The lowest BCUT2D eigenvalue weighted by Crippen LogP contribution is -2.09. The summed E-state index contributed by atoms with van der Waals surface area (Å²) in [5.41, 5.74) is 1.54. The molecule has 0 radical (unpaired) electrons. The molecule has 3 aromatic rings. The summed E-state index contributed by atoms with van der Waals surface area (Å²) in [7, 11) is 0. The second-order valence-electron chi connectivity index (χ2n) is 5.01. The Morgan fingerprint density at radius 3 is 2.70 bits per heavy atom. The van der Waals surface area contributed by atoms with Crippen LogP contribution in [0.5, 0.6) is 0 Å². The maximum absolute atomic E-state index is 12.3. The molecule has 0 bridgehead atoms. The van der Waals surface area contributed by atoms with E-state index in [9.17, 15) is 14.9 Å². The molecule has 0 atom stereocenters. The van der Waals surface area contributed by atoms with Gasteiger partial charge >= 0.3 is 0 Å². The topological polar surface area (TPSA) is 72.2 Å². The van der Waals surface area contributed by atoms with Crippen LogP contribution in [0.1, 0.15) is 15.2 Å². The fourth-order valence-corrected chi connectivity index (χ4v) is 3.24. The van der Waals surface area contributed by atoms with Gasteiger partial charge in [-0.2, -0.15) is 0 Å². The smallest absolute Gasteiger partial charge is 0.270 e. The fourth-order valence-electron chi connectivity index (χ4n) is 2.12. The number of nitro benzene ring substituents is 1. The third kappa shape index (κ3) is 3.18. The van der Waals surface area contributed by atoms with Crippen molar-refractivity contribution in [1.29, 1.82) is 0 Å². The molecule has 1 amide bonds. The summed E-state index contributed by atoms with van der Waals surface area (Å²) in [4.78, 5) is 23.2. The number of nitro groups is 1. The zero-order chi connectivity index (χ0) is 16.6. The number of amides is 1. The second-order valence-corrected chi connectivity index (χ2v) is 6.50. The van der Waals surface area contributed by atoms with E-state index in [1.54, 1.807) is 24.3 Å². The van der Waals surface area contributed by atoms with Crippen molar-refractivity contribution in [3.8, 4) is 0 Å². The summed E-state index contributed by atoms with van der Waals surface area (Å²) < 4.78 is 0.822. The van der Waals surface area contributed by atoms with Gasteiger partial charge in [0.05, 0.1) is 9.80 Å². The lowest BCUT2D eigenvalue weighted by Gasteiger charge is -2.05. The average molecular weight is 347 g/mol. The molecule has 0 aliphatic rings. The van der Waals surface area contributed by atoms with Crippen LogP contribution in [-0.4, -0.2) is 10.8 Å². The number of benzene rings is 2. The van der Waals surface area contributed by atoms with Crippen molar-refractivity contribution in [2.45, 2.75) is 6.92 Å². The summed E-state index contributed by atoms with van der Waals surface area (Å²) >= 11 is 7.33. The van der Waals surface area contributed by atoms with E-state index in [0.29, 0.717) is 21.0 Å². The predicted molar refractivity (Wildman–Crippen MR) is 92.6 cm³/mol. The standard InChI is InChI=1S/C16H11ClN2O3S/c1-9-2-3-11(8-13(9)17)18-16(20)15-7-10-6-12(19(21)22)4-5-14(10)23-15/h2-8H,1H3,(H,18,20). The van der Waals surface area contributed by atoms with Gasteiger partial charge in [0.1, 0.15) is 0 Å². The van der Waals surface area contributed by atoms with E-state index in [1.807, 2.05) is 13.0 Å². The summed E-state index contributed by atoms with van der Waals surface area (Å²) in [5.74, 6) is -0.270. The molecule has 1 aromatic heterocycles. The van der Waals surface area contributed by atoms with Crippen molar-refractivity contribution in [2.24, 2.45) is 0 Å². The summed E-state index contributed by atoms with van der Waals surface area (Å²) in [6.45, 7) is 1.88. The van der Waals surface area contributed by atoms with Crippen LogP contribution in [0.2, 0.25) is 5.02 Å². The van der Waals surface area contributed by atoms with Crippen LogP contribution in [-0.2, 0) is 0 Å². The average Bonchev–Trinajstić information content (AvgIpc) is 2.94. The van der Waals surface area contributed by atoms with Crippen LogP contribution < -0.4 is 5.32 Å². The zero-order valence-electron chi connectivity index (χ0n) is 12.0. The van der Waals surface area contributed by atoms with Crippen LogP contribution in [0.3, 0.4) is 0 Å². The first-order valence-electron chi connectivity index (χ1n) is 6.69. The van der Waals surface area contributed by atoms with Crippen molar-refractivity contribution >= 4 is 50.3 Å². The Kier molecular flexibility index (Phi) is 4.02. The minimum Gasteiger partial charge on any atom is -0.321 e. The van der Waals surface area contributed by atoms with Gasteiger partial charge in [-0.25, -0.2) is 0 Å². The van der Waals surface area contributed by atoms with Crippen LogP contribution in [0.25, 0.3) is 10.1 Å². The van der Waals surface area contributed by atoms with Gasteiger partial charge in [-0.1, -0.05) is 17.7 Å². The minimum atomic E-state index is -0.453. The summed E-state index contributed by atoms with van der Waals surface area (Å²) in [5, 5.41) is 14.8. The molecular weight excluding hydrogens is 336 g/mol. The molecule has 3 rings (SSSR count). The van der Waals surface area contributed by atoms with Crippen LogP contribution in [0, 0.1) is 17.0 Å². The molecule has 0 saturated carbocycles. The van der Waals surface area contributed by atoms with Gasteiger partial charge in [0.2, 0.25) is 0 Å². The number of anilines is 1. The number of hydrogen-bond donors (Lipinski definition) is 1. The maximum atomic E-state index is 12.3. The number of halogens is 1. The molecule has 0 unspecified atom stereocenters. The number of hydrogen-bond acceptors (Lipinski definition) is 4. The first kappa shape index (κ1) is 15.5. The number of nitrogens with one attached hydrogen (secondary N) is 1. The fraction of sp³-hybridized carbons (Fsp3) is 0.0625. The van der Waals surface area contributed by atoms with Crippen molar-refractivity contribution < 1.29 is 9.72 Å². The Balaban J connectivity index is 1.88. The summed E-state index contributed by atoms with van der Waals surface area (Å²) in [6.07, 6.45) is 0. The van der Waals surface area contributed by atoms with E-state index in [-0.39, 0.29) is 11.6 Å². The molecule has 116 valence electrons. The molecule has 0 fully saturated rings. The van der Waals surface area contributed by atoms with Crippen LogP contribution in [0.15, 0.2) is 42.5 Å². The van der Waals surface area contributed by atoms with Crippen molar-refractivity contribution in [2.75, 3.05) is 5.32 Å². The number of rotatable bonds is 3. The highest BCUT2D eigenvalue weighted by atomic mass is 35.5. The van der Waals surface area contributed by atoms with Crippen molar-refractivity contribution in [3.63, 3.8) is 0 Å². The van der Waals surface area contributed by atoms with Crippen LogP contribution in [0.4, 0.5) is 11.4 Å². The molecule has 7 heteroatoms. The van der Waals surface area contributed by atoms with Crippen LogP contribution >= 0.6 is 22.9 Å². The number of thiophene rings is 1. The van der Waals surface area contributed by atoms with E-state index in [1.165, 1.54) is 23.5 Å². The Hall–Kier alpha value is -2.44. The van der Waals surface area contributed by atoms with Crippen molar-refractivity contribution in [1.82, 2.24) is 0 Å². The predicted octanol–water partition coefficient (Wildman–Crippen LogP) is 5.02. The van der Waals surface area contributed by atoms with E-state index in [0.717, 1.165) is 10.3 Å². The van der Waals surface area contributed by atoms with Gasteiger partial charge in [-0.15, -0.1) is 11.3 Å². The minimum absolute atomic E-state index is 0.00701. The normalized spacial score (nSPS) is 10.7. The van der Waals surface area contributed by atoms with Gasteiger partial charge in [-0.3, -0.25) is 14.9 Å². The lowest BCUT2D eigenvalue weighted by molar-refractivity contribution is -0.384. The number of aryl methyl sites for hydroxylation is 1. The molecule has 5 nitrogen and oxygen atoms in total. The first-order chi connectivity index (χ1) is 10.9. The maximum Gasteiger partial charge on any atom is 0.270 e. The largest absolute Gasteiger partial charge is 0.321 e. The van der Waals surface area contributed by atoms with E-state index < -0.39 is 4.92 Å². The number of fused-ring (bicyclic) bond motifs is 1. The van der Waals surface area contributed by atoms with E-state index in [4.69, 9.17) is 11.6 Å². The highest BCUT2D eigenvalue weighted by Gasteiger charge is 2.13. The number of non-ortho nitro benzene ring substituents is 1. The van der Waals surface area contributed by atoms with E-state index in [2.05, 4.69) is 5.32 Å². The third-order valence-electron chi connectivity index (χ3n) is 3.36. The van der Waals surface area contributed by atoms with Crippen molar-refractivity contribution in [3.05, 3.63) is 68.0 Å². The molecule has 1 N–H and O–H groups in total. The number of nitrogens with zero attached hydrogens (tertiary/aromatic N) is 1. The first-order valence-corrected chi connectivity index (χ1v) is 7.89. The molecule has 0 aliphatic carbocycles. The van der Waals surface area contributed by atoms with Gasteiger partial charge in [0, 0.05) is 32.9 Å².